The molecular formula is C16H11NO7. The van der Waals surface area contributed by atoms with Crippen LogP contribution in [0.3, 0.4) is 0 Å². The first-order valence-electron chi connectivity index (χ1n) is 6.79. The van der Waals surface area contributed by atoms with Crippen molar-refractivity contribution >= 4 is 17.5 Å². The molecule has 0 atom stereocenters. The number of benzene rings is 2. The van der Waals surface area contributed by atoms with Crippen LogP contribution in [0.15, 0.2) is 29.8 Å². The third-order valence-electron chi connectivity index (χ3n) is 3.76. The van der Waals surface area contributed by atoms with E-state index in [1.54, 1.807) is 0 Å². The number of Topliss-reactive ketones (excluding diaryl/α,β-unsaturated/α-hetero) is 1. The van der Waals surface area contributed by atoms with Gasteiger partial charge in [-0.3, -0.25) is 14.9 Å². The van der Waals surface area contributed by atoms with Gasteiger partial charge in [0.1, 0.15) is 5.56 Å². The Morgan fingerprint density at radius 2 is 1.75 bits per heavy atom. The number of allylic oxidation sites excluding steroid dienone is 1. The Kier molecular flexibility index (Phi) is 3.37. The van der Waals surface area contributed by atoms with Gasteiger partial charge in [-0.15, -0.1) is 0 Å². The van der Waals surface area contributed by atoms with Gasteiger partial charge in [-0.25, -0.2) is 0 Å². The highest BCUT2D eigenvalue weighted by Crippen LogP contribution is 2.45. The molecule has 0 saturated heterocycles. The van der Waals surface area contributed by atoms with Crippen LogP contribution in [-0.2, 0) is 6.42 Å². The van der Waals surface area contributed by atoms with E-state index in [4.69, 9.17) is 0 Å². The molecule has 0 unspecified atom stereocenters. The molecule has 0 amide bonds. The minimum atomic E-state index is -0.948. The molecule has 1 aliphatic carbocycles. The SMILES string of the molecule is O=C1/C(=C\c2ccc(O)c(O)c2)Cc2cc(O)c(O)c([N+](=O)[O-])c21. The lowest BCUT2D eigenvalue weighted by Gasteiger charge is -2.03. The third kappa shape index (κ3) is 2.30. The minimum Gasteiger partial charge on any atom is -0.504 e. The van der Waals surface area contributed by atoms with Crippen LogP contribution in [0.2, 0.25) is 0 Å². The largest absolute Gasteiger partial charge is 0.504 e. The van der Waals surface area contributed by atoms with Gasteiger partial charge in [-0.1, -0.05) is 6.07 Å². The summed E-state index contributed by atoms with van der Waals surface area (Å²) in [5.41, 5.74) is -0.242. The molecule has 0 radical (unpaired) electrons. The molecule has 0 heterocycles. The molecule has 2 aromatic rings. The van der Waals surface area contributed by atoms with Crippen LogP contribution in [-0.4, -0.2) is 31.1 Å². The number of rotatable bonds is 2. The Labute approximate surface area is 134 Å². The van der Waals surface area contributed by atoms with Crippen LogP contribution in [0, 0.1) is 10.1 Å². The number of nitrogens with zero attached hydrogens (tertiary/aromatic N) is 1. The van der Waals surface area contributed by atoms with Crippen LogP contribution >= 0.6 is 0 Å². The highest BCUT2D eigenvalue weighted by molar-refractivity contribution is 6.18. The summed E-state index contributed by atoms with van der Waals surface area (Å²) in [4.78, 5) is 22.7. The second-order valence-electron chi connectivity index (χ2n) is 5.31. The molecule has 8 nitrogen and oxygen atoms in total. The van der Waals surface area contributed by atoms with Crippen molar-refractivity contribution in [2.24, 2.45) is 0 Å². The van der Waals surface area contributed by atoms with Gasteiger partial charge in [0.2, 0.25) is 5.75 Å². The maximum absolute atomic E-state index is 12.5. The number of carbonyl (C=O) groups is 1. The summed E-state index contributed by atoms with van der Waals surface area (Å²) in [6, 6.07) is 5.06. The first kappa shape index (κ1) is 15.3. The molecule has 0 aromatic heterocycles. The van der Waals surface area contributed by atoms with E-state index in [0.717, 1.165) is 6.07 Å². The van der Waals surface area contributed by atoms with Gasteiger partial charge in [0, 0.05) is 12.0 Å². The summed E-state index contributed by atoms with van der Waals surface area (Å²) in [6.07, 6.45) is 1.45. The van der Waals surface area contributed by atoms with Gasteiger partial charge in [-0.2, -0.15) is 0 Å². The van der Waals surface area contributed by atoms with E-state index < -0.39 is 27.9 Å². The summed E-state index contributed by atoms with van der Waals surface area (Å²) in [5, 5.41) is 49.2. The predicted octanol–water partition coefficient (Wildman–Crippen LogP) is 2.24. The lowest BCUT2D eigenvalue weighted by molar-refractivity contribution is -0.386. The van der Waals surface area contributed by atoms with Crippen molar-refractivity contribution in [3.8, 4) is 23.0 Å². The number of phenolic OH excluding ortho intramolecular Hbond substituents is 4. The minimum absolute atomic E-state index is 0.0322. The summed E-state index contributed by atoms with van der Waals surface area (Å²) < 4.78 is 0. The summed E-state index contributed by atoms with van der Waals surface area (Å²) in [7, 11) is 0. The van der Waals surface area contributed by atoms with Gasteiger partial charge in [0.25, 0.3) is 0 Å². The van der Waals surface area contributed by atoms with E-state index in [-0.39, 0.29) is 34.6 Å². The van der Waals surface area contributed by atoms with Gasteiger partial charge in [0.05, 0.1) is 4.92 Å². The number of carbonyl (C=O) groups excluding carboxylic acids is 1. The first-order valence-corrected chi connectivity index (χ1v) is 6.79. The molecular weight excluding hydrogens is 318 g/mol. The summed E-state index contributed by atoms with van der Waals surface area (Å²) in [6.45, 7) is 0. The lowest BCUT2D eigenvalue weighted by Crippen LogP contribution is -2.01. The molecule has 2 aromatic carbocycles. The Balaban J connectivity index is 2.11. The zero-order chi connectivity index (χ0) is 17.6. The van der Waals surface area contributed by atoms with E-state index in [2.05, 4.69) is 0 Å². The number of aromatic hydroxyl groups is 4. The third-order valence-corrected chi connectivity index (χ3v) is 3.76. The van der Waals surface area contributed by atoms with Crippen LogP contribution < -0.4 is 0 Å². The van der Waals surface area contributed by atoms with Crippen LogP contribution in [0.5, 0.6) is 23.0 Å². The predicted molar refractivity (Wildman–Crippen MR) is 82.2 cm³/mol. The van der Waals surface area contributed by atoms with Gasteiger partial charge in [-0.05, 0) is 35.4 Å². The van der Waals surface area contributed by atoms with Gasteiger partial charge in [0.15, 0.2) is 23.0 Å². The van der Waals surface area contributed by atoms with Crippen molar-refractivity contribution < 1.29 is 30.1 Å². The Hall–Kier alpha value is -3.55. The summed E-state index contributed by atoms with van der Waals surface area (Å²) >= 11 is 0. The number of ketones is 1. The van der Waals surface area contributed by atoms with Crippen LogP contribution in [0.1, 0.15) is 21.5 Å². The molecule has 0 aliphatic heterocycles. The van der Waals surface area contributed by atoms with Crippen molar-refractivity contribution in [1.29, 1.82) is 0 Å². The normalized spacial score (nSPS) is 14.8. The fraction of sp³-hybridized carbons (Fsp3) is 0.0625. The highest BCUT2D eigenvalue weighted by atomic mass is 16.6. The van der Waals surface area contributed by atoms with Crippen molar-refractivity contribution in [2.75, 3.05) is 0 Å². The molecule has 122 valence electrons. The Morgan fingerprint density at radius 1 is 1.04 bits per heavy atom. The molecule has 4 N–H and O–H groups in total. The van der Waals surface area contributed by atoms with E-state index >= 15 is 0 Å². The van der Waals surface area contributed by atoms with Crippen molar-refractivity contribution in [3.05, 3.63) is 56.6 Å². The molecule has 24 heavy (non-hydrogen) atoms. The van der Waals surface area contributed by atoms with Crippen LogP contribution in [0.25, 0.3) is 6.08 Å². The average molecular weight is 329 g/mol. The number of nitro groups is 1. The monoisotopic (exact) mass is 329 g/mol. The molecule has 8 heteroatoms. The molecule has 0 saturated carbocycles. The average Bonchev–Trinajstić information content (AvgIpc) is 2.80. The topological polar surface area (TPSA) is 141 Å². The fourth-order valence-electron chi connectivity index (χ4n) is 2.66. The quantitative estimate of drug-likeness (QED) is 0.286. The molecule has 1 aliphatic rings. The van der Waals surface area contributed by atoms with Gasteiger partial charge >= 0.3 is 5.69 Å². The lowest BCUT2D eigenvalue weighted by atomic mass is 10.1. The van der Waals surface area contributed by atoms with E-state index in [0.29, 0.717) is 5.56 Å². The van der Waals surface area contributed by atoms with Gasteiger partial charge < -0.3 is 20.4 Å². The Morgan fingerprint density at radius 3 is 2.38 bits per heavy atom. The van der Waals surface area contributed by atoms with Crippen LogP contribution in [0.4, 0.5) is 5.69 Å². The number of fused-ring (bicyclic) bond motifs is 1. The number of phenols is 4. The molecule has 3 rings (SSSR count). The summed E-state index contributed by atoms with van der Waals surface area (Å²) in [5.74, 6) is -2.94. The molecule has 0 bridgehead atoms. The van der Waals surface area contributed by atoms with Crippen molar-refractivity contribution in [3.63, 3.8) is 0 Å². The first-order chi connectivity index (χ1) is 11.3. The zero-order valence-corrected chi connectivity index (χ0v) is 12.1. The van der Waals surface area contributed by atoms with E-state index in [1.807, 2.05) is 0 Å². The fourth-order valence-corrected chi connectivity index (χ4v) is 2.66. The van der Waals surface area contributed by atoms with E-state index in [9.17, 15) is 35.3 Å². The smallest absolute Gasteiger partial charge is 0.326 e. The number of hydrogen-bond acceptors (Lipinski definition) is 7. The van der Waals surface area contributed by atoms with Crippen molar-refractivity contribution in [2.45, 2.75) is 6.42 Å². The standard InChI is InChI=1S/C16H11NO7/c18-10-2-1-7(4-11(10)19)3-9-5-8-6-12(20)16(22)14(17(23)24)13(8)15(9)21/h1-4,6,18-20,22H,5H2/b9-3-. The number of nitro benzene ring substituents is 1. The molecule has 0 fully saturated rings. The second-order valence-corrected chi connectivity index (χ2v) is 5.31. The molecule has 0 spiro atoms. The van der Waals surface area contributed by atoms with E-state index in [1.165, 1.54) is 24.3 Å². The number of hydrogen-bond donors (Lipinski definition) is 4. The zero-order valence-electron chi connectivity index (χ0n) is 12.1. The maximum atomic E-state index is 12.5. The second kappa shape index (κ2) is 5.27. The maximum Gasteiger partial charge on any atom is 0.326 e. The van der Waals surface area contributed by atoms with Crippen molar-refractivity contribution in [1.82, 2.24) is 0 Å². The Bertz CT molecular complexity index is 931. The highest BCUT2D eigenvalue weighted by Gasteiger charge is 2.37.